The van der Waals surface area contributed by atoms with E-state index < -0.39 is 5.97 Å². The van der Waals surface area contributed by atoms with Crippen LogP contribution in [0.25, 0.3) is 0 Å². The van der Waals surface area contributed by atoms with Crippen molar-refractivity contribution < 1.29 is 9.90 Å². The van der Waals surface area contributed by atoms with Gasteiger partial charge in [-0.05, 0) is 0 Å². The van der Waals surface area contributed by atoms with Gasteiger partial charge in [-0.1, -0.05) is 0 Å². The highest BCUT2D eigenvalue weighted by Crippen LogP contribution is 1.84. The van der Waals surface area contributed by atoms with Gasteiger partial charge in [-0.15, -0.1) is 5.10 Å². The van der Waals surface area contributed by atoms with E-state index in [1.807, 2.05) is 0 Å². The lowest BCUT2D eigenvalue weighted by atomic mass is 10.5. The second-order valence-electron chi connectivity index (χ2n) is 2.15. The van der Waals surface area contributed by atoms with Crippen LogP contribution in [0.1, 0.15) is 10.5 Å². The van der Waals surface area contributed by atoms with Gasteiger partial charge in [0.05, 0.1) is 19.1 Å². The minimum Gasteiger partial charge on any atom is -0.476 e. The monoisotopic (exact) mass is 183 g/mol. The quantitative estimate of drug-likeness (QED) is 0.524. The zero-order valence-electron chi connectivity index (χ0n) is 6.77. The number of aromatic carboxylic acids is 1. The van der Waals surface area contributed by atoms with Crippen molar-refractivity contribution in [2.24, 2.45) is 4.99 Å². The summed E-state index contributed by atoms with van der Waals surface area (Å²) in [5.74, 6) is -1.07. The van der Waals surface area contributed by atoms with Crippen LogP contribution >= 0.6 is 0 Å². The van der Waals surface area contributed by atoms with Gasteiger partial charge in [-0.25, -0.2) is 4.79 Å². The van der Waals surface area contributed by atoms with Gasteiger partial charge in [-0.3, -0.25) is 4.99 Å². The molecule has 0 spiro atoms. The van der Waals surface area contributed by atoms with E-state index in [1.165, 1.54) is 0 Å². The highest BCUT2D eigenvalue weighted by molar-refractivity contribution is 5.84. The molecule has 0 amide bonds. The molecular weight excluding hydrogens is 174 g/mol. The number of H-pyrrole nitrogens is 1. The summed E-state index contributed by atoms with van der Waals surface area (Å²) in [6, 6.07) is 0. The van der Waals surface area contributed by atoms with Crippen molar-refractivity contribution in [1.29, 1.82) is 0 Å². The molecule has 7 heteroatoms. The Balaban J connectivity index is 0.000000145. The molecule has 70 valence electrons. The summed E-state index contributed by atoms with van der Waals surface area (Å²) in [5.41, 5.74) is -0.0648. The molecule has 13 heavy (non-hydrogen) atoms. The third-order valence-electron chi connectivity index (χ3n) is 1.20. The highest BCUT2D eigenvalue weighted by Gasteiger charge is 2.02. The number of aromatic nitrogens is 3. The van der Waals surface area contributed by atoms with Crippen LogP contribution in [0, 0.1) is 0 Å². The average Bonchev–Trinajstić information content (AvgIpc) is 2.82. The number of rotatable bonds is 1. The van der Waals surface area contributed by atoms with Crippen LogP contribution < -0.4 is 5.32 Å². The van der Waals surface area contributed by atoms with Crippen molar-refractivity contribution in [3.05, 3.63) is 11.9 Å². The Morgan fingerprint density at radius 1 is 1.62 bits per heavy atom. The number of hydrogen-bond donors (Lipinski definition) is 3. The fraction of sp³-hybridized carbons (Fsp3) is 0.333. The molecule has 2 rings (SSSR count). The Hall–Kier alpha value is -1.92. The van der Waals surface area contributed by atoms with Gasteiger partial charge in [0.25, 0.3) is 0 Å². The number of hydrogen-bond acceptors (Lipinski definition) is 5. The summed E-state index contributed by atoms with van der Waals surface area (Å²) in [6.45, 7) is 1.99. The predicted octanol–water partition coefficient (Wildman–Crippen LogP) is -0.879. The number of nitrogens with one attached hydrogen (secondary N) is 2. The molecule has 0 atom stereocenters. The standard InChI is InChI=1S/C3H3N3O2.C3H6N2/c7-3(8)2-1-4-6-5-2;1-2-5-3-4-1/h1H,(H,7,8)(H,4,5,6);3H,1-2H2,(H,4,5). The summed E-state index contributed by atoms with van der Waals surface area (Å²) in [7, 11) is 0. The van der Waals surface area contributed by atoms with Crippen molar-refractivity contribution in [3.8, 4) is 0 Å². The van der Waals surface area contributed by atoms with E-state index in [1.54, 1.807) is 6.34 Å². The topological polar surface area (TPSA) is 103 Å². The van der Waals surface area contributed by atoms with E-state index in [0.29, 0.717) is 0 Å². The van der Waals surface area contributed by atoms with Gasteiger partial charge in [-0.2, -0.15) is 10.3 Å². The molecule has 1 aromatic rings. The molecule has 1 aromatic heterocycles. The fourth-order valence-electron chi connectivity index (χ4n) is 0.627. The highest BCUT2D eigenvalue weighted by atomic mass is 16.4. The number of carboxylic acid groups (broad SMARTS) is 1. The summed E-state index contributed by atoms with van der Waals surface area (Å²) >= 11 is 0. The Bertz CT molecular complexity index is 275. The molecule has 0 aromatic carbocycles. The molecule has 0 aliphatic carbocycles. The molecule has 0 bridgehead atoms. The Labute approximate surface area is 73.9 Å². The maximum Gasteiger partial charge on any atom is 0.358 e. The second kappa shape index (κ2) is 4.86. The fourth-order valence-corrected chi connectivity index (χ4v) is 0.627. The smallest absolute Gasteiger partial charge is 0.358 e. The molecule has 0 fully saturated rings. The Morgan fingerprint density at radius 3 is 2.69 bits per heavy atom. The largest absolute Gasteiger partial charge is 0.476 e. The molecular formula is C6H9N5O2. The van der Waals surface area contributed by atoms with Crippen LogP contribution in [0.5, 0.6) is 0 Å². The Morgan fingerprint density at radius 2 is 2.46 bits per heavy atom. The van der Waals surface area contributed by atoms with E-state index in [9.17, 15) is 4.79 Å². The average molecular weight is 183 g/mol. The van der Waals surface area contributed by atoms with Crippen molar-refractivity contribution in [3.63, 3.8) is 0 Å². The first-order valence-electron chi connectivity index (χ1n) is 3.61. The van der Waals surface area contributed by atoms with E-state index in [0.717, 1.165) is 19.3 Å². The molecule has 0 unspecified atom stereocenters. The van der Waals surface area contributed by atoms with Gasteiger partial charge in [0.2, 0.25) is 0 Å². The van der Waals surface area contributed by atoms with Crippen molar-refractivity contribution in [2.75, 3.05) is 13.1 Å². The first-order valence-corrected chi connectivity index (χ1v) is 3.61. The first-order chi connectivity index (χ1) is 6.30. The van der Waals surface area contributed by atoms with Gasteiger partial charge < -0.3 is 10.4 Å². The third kappa shape index (κ3) is 3.32. The van der Waals surface area contributed by atoms with E-state index in [-0.39, 0.29) is 5.69 Å². The lowest BCUT2D eigenvalue weighted by Crippen LogP contribution is -2.04. The SMILES string of the molecule is C1=NCCN1.O=C(O)c1cn[nH]n1. The predicted molar refractivity (Wildman–Crippen MR) is 44.7 cm³/mol. The molecule has 1 aliphatic heterocycles. The summed E-state index contributed by atoms with van der Waals surface area (Å²) in [6.07, 6.45) is 2.88. The van der Waals surface area contributed by atoms with Gasteiger partial charge in [0.15, 0.2) is 5.69 Å². The molecule has 7 nitrogen and oxygen atoms in total. The van der Waals surface area contributed by atoms with E-state index in [4.69, 9.17) is 5.11 Å². The lowest BCUT2D eigenvalue weighted by molar-refractivity contribution is 0.0690. The molecule has 2 heterocycles. The van der Waals surface area contributed by atoms with Crippen LogP contribution in [0.15, 0.2) is 11.2 Å². The van der Waals surface area contributed by atoms with Gasteiger partial charge in [0, 0.05) is 6.54 Å². The summed E-state index contributed by atoms with van der Waals surface area (Å²) < 4.78 is 0. The number of aliphatic imine (C=N–C) groups is 1. The third-order valence-corrected chi connectivity index (χ3v) is 1.20. The number of carbonyl (C=O) groups is 1. The van der Waals surface area contributed by atoms with Crippen LogP contribution in [-0.2, 0) is 0 Å². The van der Waals surface area contributed by atoms with Crippen LogP contribution in [0.3, 0.4) is 0 Å². The van der Waals surface area contributed by atoms with Crippen LogP contribution in [-0.4, -0.2) is 45.9 Å². The number of nitrogens with zero attached hydrogens (tertiary/aromatic N) is 3. The maximum absolute atomic E-state index is 9.94. The number of carboxylic acids is 1. The van der Waals surface area contributed by atoms with E-state index in [2.05, 4.69) is 25.7 Å². The maximum atomic E-state index is 9.94. The second-order valence-corrected chi connectivity index (χ2v) is 2.15. The minimum absolute atomic E-state index is 0.0648. The van der Waals surface area contributed by atoms with E-state index >= 15 is 0 Å². The molecule has 0 saturated heterocycles. The summed E-state index contributed by atoms with van der Waals surface area (Å²) in [4.78, 5) is 13.8. The Kier molecular flexibility index (Phi) is 3.43. The van der Waals surface area contributed by atoms with Crippen molar-refractivity contribution >= 4 is 12.3 Å². The number of aromatic amines is 1. The van der Waals surface area contributed by atoms with Crippen molar-refractivity contribution in [1.82, 2.24) is 20.7 Å². The molecule has 0 saturated carbocycles. The molecule has 3 N–H and O–H groups in total. The zero-order valence-corrected chi connectivity index (χ0v) is 6.77. The first kappa shape index (κ1) is 9.17. The van der Waals surface area contributed by atoms with Gasteiger partial charge >= 0.3 is 5.97 Å². The molecule has 1 aliphatic rings. The normalized spacial score (nSPS) is 12.9. The van der Waals surface area contributed by atoms with Gasteiger partial charge in [0.1, 0.15) is 0 Å². The van der Waals surface area contributed by atoms with Crippen molar-refractivity contribution in [2.45, 2.75) is 0 Å². The zero-order chi connectivity index (χ0) is 9.52. The summed E-state index contributed by atoms with van der Waals surface area (Å²) in [5, 5.41) is 19.8. The van der Waals surface area contributed by atoms with Crippen LogP contribution in [0.2, 0.25) is 0 Å². The van der Waals surface area contributed by atoms with Crippen LogP contribution in [0.4, 0.5) is 0 Å². The lowest BCUT2D eigenvalue weighted by Gasteiger charge is -1.75. The minimum atomic E-state index is -1.07. The molecule has 0 radical (unpaired) electrons.